The van der Waals surface area contributed by atoms with Crippen molar-refractivity contribution in [1.82, 2.24) is 0 Å². The Kier molecular flexibility index (Phi) is 5.32. The molecule has 0 aromatic heterocycles. The Morgan fingerprint density at radius 1 is 0.971 bits per heavy atom. The van der Waals surface area contributed by atoms with Gasteiger partial charge in [0.2, 0.25) is 0 Å². The molecule has 184 valence electrons. The molecule has 1 aromatic carbocycles. The van der Waals surface area contributed by atoms with Crippen LogP contribution in [0.2, 0.25) is 0 Å². The van der Waals surface area contributed by atoms with Crippen LogP contribution in [0.5, 0.6) is 0 Å². The summed E-state index contributed by atoms with van der Waals surface area (Å²) in [4.78, 5) is 12.2. The van der Waals surface area contributed by atoms with Crippen LogP contribution in [0, 0.1) is 29.6 Å². The maximum atomic E-state index is 16.2. The van der Waals surface area contributed by atoms with Crippen molar-refractivity contribution in [2.75, 3.05) is 0 Å². The lowest BCUT2D eigenvalue weighted by atomic mass is 9.46. The second kappa shape index (κ2) is 7.58. The van der Waals surface area contributed by atoms with Gasteiger partial charge in [-0.25, -0.2) is 13.2 Å². The predicted molar refractivity (Wildman–Crippen MR) is 130 cm³/mol. The van der Waals surface area contributed by atoms with E-state index in [1.807, 2.05) is 6.08 Å². The number of alkyl halides is 3. The van der Waals surface area contributed by atoms with E-state index in [-0.39, 0.29) is 23.5 Å². The molecule has 2 saturated carbocycles. The molecule has 0 N–H and O–H groups in total. The molecule has 0 spiro atoms. The summed E-state index contributed by atoms with van der Waals surface area (Å²) in [6.45, 7) is 7.85. The maximum absolute atomic E-state index is 16.2. The van der Waals surface area contributed by atoms with Crippen LogP contribution in [0.1, 0.15) is 89.7 Å². The third-order valence-corrected chi connectivity index (χ3v) is 10.7. The normalized spacial score (nSPS) is 37.5. The average Bonchev–Trinajstić information content (AvgIpc) is 3.04. The van der Waals surface area contributed by atoms with Gasteiger partial charge in [-0.1, -0.05) is 49.2 Å². The minimum absolute atomic E-state index is 0.0671. The molecular weight excluding hydrogens is 433 g/mol. The van der Waals surface area contributed by atoms with Crippen LogP contribution in [0.25, 0.3) is 0 Å². The minimum Gasteiger partial charge on any atom is -0.295 e. The lowest BCUT2D eigenvalue weighted by Gasteiger charge is -2.59. The van der Waals surface area contributed by atoms with Gasteiger partial charge < -0.3 is 0 Å². The van der Waals surface area contributed by atoms with E-state index < -0.39 is 22.4 Å². The number of hydrogen-bond acceptors (Lipinski definition) is 1. The van der Waals surface area contributed by atoms with Crippen molar-refractivity contribution >= 4 is 5.78 Å². The number of benzene rings is 1. The van der Waals surface area contributed by atoms with E-state index >= 15 is 4.39 Å². The third kappa shape index (κ3) is 3.15. The van der Waals surface area contributed by atoms with Crippen molar-refractivity contribution in [2.45, 2.75) is 97.1 Å². The summed E-state index contributed by atoms with van der Waals surface area (Å²) in [7, 11) is 0. The largest absolute Gasteiger partial charge is 0.295 e. The molecule has 6 atom stereocenters. The van der Waals surface area contributed by atoms with Crippen molar-refractivity contribution in [2.24, 2.45) is 22.7 Å². The van der Waals surface area contributed by atoms with Gasteiger partial charge in [-0.3, -0.25) is 4.79 Å². The van der Waals surface area contributed by atoms with Gasteiger partial charge in [0.1, 0.15) is 0 Å². The van der Waals surface area contributed by atoms with E-state index in [4.69, 9.17) is 0 Å². The summed E-state index contributed by atoms with van der Waals surface area (Å²) in [5.74, 6) is -2.70. The number of carbonyl (C=O) groups is 1. The quantitative estimate of drug-likeness (QED) is 0.434. The van der Waals surface area contributed by atoms with Crippen LogP contribution < -0.4 is 0 Å². The summed E-state index contributed by atoms with van der Waals surface area (Å²) in [6.07, 6.45) is 6.86. The summed E-state index contributed by atoms with van der Waals surface area (Å²) in [5, 5.41) is 0. The van der Waals surface area contributed by atoms with Crippen molar-refractivity contribution in [3.8, 4) is 0 Å². The highest BCUT2D eigenvalue weighted by Gasteiger charge is 2.71. The number of allylic oxidation sites excluding steroid dienone is 4. The van der Waals surface area contributed by atoms with Crippen LogP contribution in [0.15, 0.2) is 47.1 Å². The van der Waals surface area contributed by atoms with E-state index in [0.29, 0.717) is 19.3 Å². The molecule has 4 aliphatic rings. The standard InChI is InChI=1S/C30H37F3O/c1-18-6-8-19(9-7-18)24-17-27(2)25(14-15-28(27,3)29(4,31)30(5,32)33)23-12-10-20-16-21(34)11-13-22(20)26(23)24/h6-9,16,23-25H,10-15,17H2,1-5H3/t23?,24?,25?,27?,28-,29?/m1/s1. The van der Waals surface area contributed by atoms with Gasteiger partial charge in [0.05, 0.1) is 0 Å². The van der Waals surface area contributed by atoms with Crippen LogP contribution in [-0.2, 0) is 4.79 Å². The van der Waals surface area contributed by atoms with Crippen LogP contribution in [0.3, 0.4) is 0 Å². The van der Waals surface area contributed by atoms with Gasteiger partial charge >= 0.3 is 0 Å². The number of ketones is 1. The minimum atomic E-state index is -3.41. The van der Waals surface area contributed by atoms with Gasteiger partial charge in [-0.05, 0) is 92.4 Å². The zero-order valence-corrected chi connectivity index (χ0v) is 21.1. The SMILES string of the molecule is Cc1ccc(C2CC3(C)C(CC[C@@]3(C)C(C)(F)C(C)(F)F)C3CCC4=CC(=O)CCC4=C23)cc1. The van der Waals surface area contributed by atoms with Crippen LogP contribution in [0.4, 0.5) is 13.2 Å². The molecule has 4 heteroatoms. The van der Waals surface area contributed by atoms with E-state index in [0.717, 1.165) is 39.5 Å². The highest BCUT2D eigenvalue weighted by molar-refractivity contribution is 5.93. The Bertz CT molecular complexity index is 1070. The highest BCUT2D eigenvalue weighted by atomic mass is 19.3. The summed E-state index contributed by atoms with van der Waals surface area (Å²) in [5.41, 5.74) is 2.03. The molecule has 5 unspecified atom stereocenters. The average molecular weight is 471 g/mol. The van der Waals surface area contributed by atoms with E-state index in [1.54, 1.807) is 6.92 Å². The van der Waals surface area contributed by atoms with Crippen LogP contribution >= 0.6 is 0 Å². The maximum Gasteiger partial charge on any atom is 0.278 e. The molecule has 0 bridgehead atoms. The zero-order chi connectivity index (χ0) is 24.7. The molecule has 0 aliphatic heterocycles. The molecule has 0 amide bonds. The molecule has 2 fully saturated rings. The zero-order valence-electron chi connectivity index (χ0n) is 21.1. The monoisotopic (exact) mass is 470 g/mol. The molecule has 4 aliphatic carbocycles. The fourth-order valence-electron chi connectivity index (χ4n) is 8.26. The first kappa shape index (κ1) is 23.9. The van der Waals surface area contributed by atoms with Gasteiger partial charge in [-0.2, -0.15) is 0 Å². The molecular formula is C30H37F3O. The predicted octanol–water partition coefficient (Wildman–Crippen LogP) is 8.28. The van der Waals surface area contributed by atoms with Crippen LogP contribution in [-0.4, -0.2) is 17.4 Å². The molecule has 5 rings (SSSR count). The number of carbonyl (C=O) groups excluding carboxylic acids is 1. The van der Waals surface area contributed by atoms with Gasteiger partial charge in [0, 0.05) is 24.7 Å². The Morgan fingerprint density at radius 3 is 2.29 bits per heavy atom. The first-order chi connectivity index (χ1) is 15.8. The summed E-state index contributed by atoms with van der Waals surface area (Å²) in [6, 6.07) is 8.55. The number of fused-ring (bicyclic) bond motifs is 4. The molecule has 0 heterocycles. The molecule has 1 nitrogen and oxygen atoms in total. The second-order valence-corrected chi connectivity index (χ2v) is 12.2. The first-order valence-corrected chi connectivity index (χ1v) is 12.9. The van der Waals surface area contributed by atoms with E-state index in [9.17, 15) is 13.6 Å². The summed E-state index contributed by atoms with van der Waals surface area (Å²) < 4.78 is 45.7. The number of rotatable bonds is 3. The van der Waals surface area contributed by atoms with Crippen molar-refractivity contribution in [3.05, 3.63) is 58.2 Å². The Morgan fingerprint density at radius 2 is 1.65 bits per heavy atom. The Labute approximate surface area is 201 Å². The van der Waals surface area contributed by atoms with E-state index in [1.165, 1.54) is 27.8 Å². The van der Waals surface area contributed by atoms with Gasteiger partial charge in [0.25, 0.3) is 5.92 Å². The van der Waals surface area contributed by atoms with Gasteiger partial charge in [0.15, 0.2) is 11.5 Å². The fourth-order valence-corrected chi connectivity index (χ4v) is 8.26. The molecule has 0 radical (unpaired) electrons. The highest BCUT2D eigenvalue weighted by Crippen LogP contribution is 2.73. The number of hydrogen-bond donors (Lipinski definition) is 0. The van der Waals surface area contributed by atoms with Crippen molar-refractivity contribution in [1.29, 1.82) is 0 Å². The van der Waals surface area contributed by atoms with Crippen molar-refractivity contribution in [3.63, 3.8) is 0 Å². The Hall–Kier alpha value is -1.84. The molecule has 1 aromatic rings. The molecule has 0 saturated heterocycles. The first-order valence-electron chi connectivity index (χ1n) is 12.9. The second-order valence-electron chi connectivity index (χ2n) is 12.2. The number of aryl methyl sites for hydroxylation is 1. The smallest absolute Gasteiger partial charge is 0.278 e. The summed E-state index contributed by atoms with van der Waals surface area (Å²) >= 11 is 0. The fraction of sp³-hybridized carbons (Fsp3) is 0.633. The number of halogens is 3. The Balaban J connectivity index is 1.69. The van der Waals surface area contributed by atoms with Crippen molar-refractivity contribution < 1.29 is 18.0 Å². The topological polar surface area (TPSA) is 17.1 Å². The van der Waals surface area contributed by atoms with E-state index in [2.05, 4.69) is 38.1 Å². The lowest BCUT2D eigenvalue weighted by Crippen LogP contribution is -2.60. The van der Waals surface area contributed by atoms with Gasteiger partial charge in [-0.15, -0.1) is 0 Å². The molecule has 34 heavy (non-hydrogen) atoms. The lowest BCUT2D eigenvalue weighted by molar-refractivity contribution is -0.209. The third-order valence-electron chi connectivity index (χ3n) is 10.7.